The van der Waals surface area contributed by atoms with Crippen LogP contribution in [-0.4, -0.2) is 10.9 Å². The first-order valence-corrected chi connectivity index (χ1v) is 5.51. The fourth-order valence-electron chi connectivity index (χ4n) is 2.17. The Kier molecular flexibility index (Phi) is 3.17. The van der Waals surface area contributed by atoms with Gasteiger partial charge in [-0.3, -0.25) is 4.79 Å². The summed E-state index contributed by atoms with van der Waals surface area (Å²) in [6.45, 7) is 0.0860. The van der Waals surface area contributed by atoms with E-state index in [1.165, 1.54) is 5.56 Å². The minimum absolute atomic E-state index is 0.0860. The zero-order valence-corrected chi connectivity index (χ0v) is 8.78. The summed E-state index contributed by atoms with van der Waals surface area (Å²) in [4.78, 5) is 11.5. The molecule has 1 N–H and O–H groups in total. The van der Waals surface area contributed by atoms with E-state index in [4.69, 9.17) is 5.11 Å². The van der Waals surface area contributed by atoms with Gasteiger partial charge in [-0.05, 0) is 30.4 Å². The molecule has 2 nitrogen and oxygen atoms in total. The average Bonchev–Trinajstić information content (AvgIpc) is 2.66. The van der Waals surface area contributed by atoms with Crippen LogP contribution in [0.15, 0.2) is 24.3 Å². The van der Waals surface area contributed by atoms with E-state index in [9.17, 15) is 4.79 Å². The molecule has 2 heteroatoms. The van der Waals surface area contributed by atoms with Gasteiger partial charge in [0.05, 0.1) is 6.61 Å². The van der Waals surface area contributed by atoms with Gasteiger partial charge >= 0.3 is 0 Å². The van der Waals surface area contributed by atoms with E-state index in [0.717, 1.165) is 31.2 Å². The topological polar surface area (TPSA) is 37.3 Å². The van der Waals surface area contributed by atoms with Crippen molar-refractivity contribution >= 4 is 5.78 Å². The van der Waals surface area contributed by atoms with Crippen LogP contribution in [0.3, 0.4) is 0 Å². The summed E-state index contributed by atoms with van der Waals surface area (Å²) >= 11 is 0. The number of aliphatic hydroxyl groups excluding tert-OH is 1. The van der Waals surface area contributed by atoms with E-state index in [0.29, 0.717) is 5.78 Å². The molecule has 1 atom stereocenters. The number of carbonyl (C=O) groups is 1. The van der Waals surface area contributed by atoms with Crippen molar-refractivity contribution in [2.75, 3.05) is 0 Å². The summed E-state index contributed by atoms with van der Waals surface area (Å²) in [5.41, 5.74) is 2.13. The molecule has 80 valence electrons. The van der Waals surface area contributed by atoms with Crippen LogP contribution in [0.25, 0.3) is 0 Å². The van der Waals surface area contributed by atoms with Crippen molar-refractivity contribution < 1.29 is 9.90 Å². The highest BCUT2D eigenvalue weighted by atomic mass is 16.3. The Morgan fingerprint density at radius 3 is 2.40 bits per heavy atom. The van der Waals surface area contributed by atoms with E-state index in [1.54, 1.807) is 0 Å². The molecule has 0 heterocycles. The monoisotopic (exact) mass is 204 g/mol. The van der Waals surface area contributed by atoms with Crippen LogP contribution >= 0.6 is 0 Å². The van der Waals surface area contributed by atoms with Crippen LogP contribution in [-0.2, 0) is 17.8 Å². The fourth-order valence-corrected chi connectivity index (χ4v) is 2.17. The predicted molar refractivity (Wildman–Crippen MR) is 58.4 cm³/mol. The number of rotatable bonds is 3. The Morgan fingerprint density at radius 1 is 1.20 bits per heavy atom. The number of carbonyl (C=O) groups excluding carboxylic acids is 1. The Labute approximate surface area is 89.9 Å². The summed E-state index contributed by atoms with van der Waals surface area (Å²) in [7, 11) is 0. The number of aliphatic hydroxyl groups is 1. The van der Waals surface area contributed by atoms with Crippen LogP contribution in [0.5, 0.6) is 0 Å². The lowest BCUT2D eigenvalue weighted by atomic mass is 9.97. The minimum Gasteiger partial charge on any atom is -0.392 e. The Bertz CT molecular complexity index is 340. The van der Waals surface area contributed by atoms with Crippen molar-refractivity contribution in [3.63, 3.8) is 0 Å². The molecule has 1 aliphatic carbocycles. The highest BCUT2D eigenvalue weighted by Crippen LogP contribution is 2.25. The van der Waals surface area contributed by atoms with Crippen LogP contribution in [0.1, 0.15) is 30.4 Å². The molecule has 0 radical (unpaired) electrons. The normalized spacial score (nSPS) is 20.9. The lowest BCUT2D eigenvalue weighted by Gasteiger charge is -2.07. The van der Waals surface area contributed by atoms with Crippen LogP contribution in [0, 0.1) is 5.92 Å². The molecule has 0 aromatic heterocycles. The third-order valence-corrected chi connectivity index (χ3v) is 3.12. The number of benzene rings is 1. The Balaban J connectivity index is 2.01. The van der Waals surface area contributed by atoms with E-state index >= 15 is 0 Å². The van der Waals surface area contributed by atoms with Gasteiger partial charge in [-0.15, -0.1) is 0 Å². The zero-order valence-electron chi connectivity index (χ0n) is 8.78. The van der Waals surface area contributed by atoms with Gasteiger partial charge < -0.3 is 5.11 Å². The predicted octanol–water partition coefficient (Wildman–Crippen LogP) is 2.09. The summed E-state index contributed by atoms with van der Waals surface area (Å²) in [5, 5.41) is 8.90. The molecule has 0 bridgehead atoms. The third-order valence-electron chi connectivity index (χ3n) is 3.12. The van der Waals surface area contributed by atoms with Crippen molar-refractivity contribution in [3.05, 3.63) is 35.4 Å². The number of hydrogen-bond donors (Lipinski definition) is 1. The maximum absolute atomic E-state index is 11.5. The number of hydrogen-bond acceptors (Lipinski definition) is 2. The quantitative estimate of drug-likeness (QED) is 0.818. The van der Waals surface area contributed by atoms with Crippen LogP contribution in [0.2, 0.25) is 0 Å². The van der Waals surface area contributed by atoms with E-state index in [1.807, 2.05) is 24.3 Å². The third kappa shape index (κ3) is 2.45. The molecule has 1 aliphatic rings. The van der Waals surface area contributed by atoms with Crippen molar-refractivity contribution in [1.82, 2.24) is 0 Å². The zero-order chi connectivity index (χ0) is 10.7. The summed E-state index contributed by atoms with van der Waals surface area (Å²) in [5.74, 6) is 0.659. The van der Waals surface area contributed by atoms with Gasteiger partial charge in [-0.2, -0.15) is 0 Å². The van der Waals surface area contributed by atoms with Gasteiger partial charge in [0.1, 0.15) is 5.78 Å². The van der Waals surface area contributed by atoms with E-state index < -0.39 is 0 Å². The van der Waals surface area contributed by atoms with Crippen molar-refractivity contribution in [3.8, 4) is 0 Å². The first-order chi connectivity index (χ1) is 7.29. The molecule has 1 aromatic rings. The first kappa shape index (κ1) is 10.4. The number of Topliss-reactive ketones (excluding diaryl/α,β-unsaturated/α-hetero) is 1. The summed E-state index contributed by atoms with van der Waals surface area (Å²) in [6.07, 6.45) is 3.72. The maximum Gasteiger partial charge on any atom is 0.136 e. The van der Waals surface area contributed by atoms with Gasteiger partial charge in [-0.25, -0.2) is 0 Å². The second-order valence-electron chi connectivity index (χ2n) is 4.23. The van der Waals surface area contributed by atoms with Gasteiger partial charge in [0, 0.05) is 12.3 Å². The smallest absolute Gasteiger partial charge is 0.136 e. The molecule has 1 unspecified atom stereocenters. The Hall–Kier alpha value is -1.15. The molecular weight excluding hydrogens is 188 g/mol. The van der Waals surface area contributed by atoms with Gasteiger partial charge in [-0.1, -0.05) is 24.3 Å². The second kappa shape index (κ2) is 4.58. The lowest BCUT2D eigenvalue weighted by Crippen LogP contribution is -2.09. The molecule has 1 fully saturated rings. The number of ketones is 1. The van der Waals surface area contributed by atoms with Gasteiger partial charge in [0.25, 0.3) is 0 Å². The highest BCUT2D eigenvalue weighted by Gasteiger charge is 2.24. The van der Waals surface area contributed by atoms with Crippen molar-refractivity contribution in [2.24, 2.45) is 5.92 Å². The second-order valence-corrected chi connectivity index (χ2v) is 4.23. The largest absolute Gasteiger partial charge is 0.392 e. The van der Waals surface area contributed by atoms with Crippen LogP contribution < -0.4 is 0 Å². The molecule has 0 amide bonds. The summed E-state index contributed by atoms with van der Waals surface area (Å²) in [6, 6.07) is 7.87. The van der Waals surface area contributed by atoms with Crippen LogP contribution in [0.4, 0.5) is 0 Å². The first-order valence-electron chi connectivity index (χ1n) is 5.51. The van der Waals surface area contributed by atoms with Gasteiger partial charge in [0.15, 0.2) is 0 Å². The Morgan fingerprint density at radius 2 is 1.87 bits per heavy atom. The molecule has 1 aromatic carbocycles. The standard InChI is InChI=1S/C13H16O2/c14-9-11-6-4-10(5-7-11)8-12-2-1-3-13(12)15/h4-7,12,14H,1-3,8-9H2. The molecule has 15 heavy (non-hydrogen) atoms. The lowest BCUT2D eigenvalue weighted by molar-refractivity contribution is -0.120. The van der Waals surface area contributed by atoms with Crippen molar-refractivity contribution in [2.45, 2.75) is 32.3 Å². The minimum atomic E-state index is 0.0860. The maximum atomic E-state index is 11.5. The molecule has 0 aliphatic heterocycles. The van der Waals surface area contributed by atoms with Gasteiger partial charge in [0.2, 0.25) is 0 Å². The molecule has 0 saturated heterocycles. The van der Waals surface area contributed by atoms with E-state index in [-0.39, 0.29) is 12.5 Å². The SMILES string of the molecule is O=C1CCCC1Cc1ccc(CO)cc1. The molecule has 0 spiro atoms. The molecular formula is C13H16O2. The highest BCUT2D eigenvalue weighted by molar-refractivity contribution is 5.83. The van der Waals surface area contributed by atoms with Crippen molar-refractivity contribution in [1.29, 1.82) is 0 Å². The van der Waals surface area contributed by atoms with E-state index in [2.05, 4.69) is 0 Å². The fraction of sp³-hybridized carbons (Fsp3) is 0.462. The molecule has 2 rings (SSSR count). The average molecular weight is 204 g/mol. The summed E-state index contributed by atoms with van der Waals surface area (Å²) < 4.78 is 0. The molecule has 1 saturated carbocycles.